The van der Waals surface area contributed by atoms with E-state index >= 15 is 0 Å². The van der Waals surface area contributed by atoms with Crippen molar-refractivity contribution in [1.82, 2.24) is 19.9 Å². The minimum atomic E-state index is -0.0262. The Morgan fingerprint density at radius 1 is 0.971 bits per heavy atom. The van der Waals surface area contributed by atoms with Gasteiger partial charge in [0, 0.05) is 48.0 Å². The molecule has 0 bridgehead atoms. The number of hydrogen-bond donors (Lipinski definition) is 1. The molecule has 0 aliphatic rings. The number of carbonyl (C=O) groups excluding carboxylic acids is 1. The van der Waals surface area contributed by atoms with Gasteiger partial charge < -0.3 is 14.6 Å². The lowest BCUT2D eigenvalue weighted by molar-refractivity contribution is -0.120. The zero-order valence-electron chi connectivity index (χ0n) is 19.8. The van der Waals surface area contributed by atoms with Crippen LogP contribution in [0, 0.1) is 0 Å². The van der Waals surface area contributed by atoms with Crippen LogP contribution in [0.1, 0.15) is 18.2 Å². The van der Waals surface area contributed by atoms with Gasteiger partial charge in [0.1, 0.15) is 0 Å². The molecule has 3 heterocycles. The predicted octanol–water partition coefficient (Wildman–Crippen LogP) is 5.15. The van der Waals surface area contributed by atoms with Crippen LogP contribution in [0.15, 0.2) is 85.3 Å². The highest BCUT2D eigenvalue weighted by Gasteiger charge is 2.14. The standard InChI is InChI=1S/C29H28N4O2/c1-2-35-15-14-33-20-24(18-29(34)32-19-25-7-3-4-12-30-25)26-17-22(9-11-28(26)33)21-8-10-27-23(16-21)6-5-13-31-27/h3-13,16-17,20H,2,14-15,18-19H2,1H3,(H,32,34). The number of carbonyl (C=O) groups is 1. The third-order valence-corrected chi connectivity index (χ3v) is 6.12. The molecule has 0 aliphatic heterocycles. The van der Waals surface area contributed by atoms with E-state index in [1.54, 1.807) is 6.20 Å². The van der Waals surface area contributed by atoms with Gasteiger partial charge in [-0.05, 0) is 66.1 Å². The summed E-state index contributed by atoms with van der Waals surface area (Å²) in [7, 11) is 0. The number of ether oxygens (including phenoxy) is 1. The Kier molecular flexibility index (Phi) is 6.82. The van der Waals surface area contributed by atoms with Crippen LogP contribution in [-0.4, -0.2) is 33.7 Å². The lowest BCUT2D eigenvalue weighted by Crippen LogP contribution is -2.24. The average molecular weight is 465 g/mol. The summed E-state index contributed by atoms with van der Waals surface area (Å²) in [5.74, 6) is -0.0262. The molecule has 2 aromatic carbocycles. The van der Waals surface area contributed by atoms with Gasteiger partial charge in [0.2, 0.25) is 5.91 Å². The molecule has 0 fully saturated rings. The molecule has 0 atom stereocenters. The molecule has 35 heavy (non-hydrogen) atoms. The van der Waals surface area contributed by atoms with E-state index in [9.17, 15) is 4.79 Å². The Labute approximate surface area is 204 Å². The molecule has 176 valence electrons. The van der Waals surface area contributed by atoms with Crippen LogP contribution in [0.5, 0.6) is 0 Å². The highest BCUT2D eigenvalue weighted by Crippen LogP contribution is 2.30. The Balaban J connectivity index is 1.45. The molecule has 6 nitrogen and oxygen atoms in total. The summed E-state index contributed by atoms with van der Waals surface area (Å²) in [6, 6.07) is 22.5. The number of nitrogens with zero attached hydrogens (tertiary/aromatic N) is 3. The summed E-state index contributed by atoms with van der Waals surface area (Å²) < 4.78 is 7.77. The normalized spacial score (nSPS) is 11.2. The number of rotatable bonds is 9. The summed E-state index contributed by atoms with van der Waals surface area (Å²) >= 11 is 0. The molecule has 3 aromatic heterocycles. The third kappa shape index (κ3) is 5.23. The minimum absolute atomic E-state index is 0.0262. The van der Waals surface area contributed by atoms with Crippen molar-refractivity contribution in [2.75, 3.05) is 13.2 Å². The molecule has 1 N–H and O–H groups in total. The second kappa shape index (κ2) is 10.5. The summed E-state index contributed by atoms with van der Waals surface area (Å²) in [6.07, 6.45) is 5.93. The average Bonchev–Trinajstić information content (AvgIpc) is 3.24. The Morgan fingerprint density at radius 3 is 2.69 bits per heavy atom. The van der Waals surface area contributed by atoms with Crippen LogP contribution < -0.4 is 5.32 Å². The molecule has 0 spiro atoms. The molecular weight excluding hydrogens is 436 g/mol. The SMILES string of the molecule is CCOCCn1cc(CC(=O)NCc2ccccn2)c2cc(-c3ccc4ncccc4c3)ccc21. The van der Waals surface area contributed by atoms with E-state index in [1.807, 2.05) is 43.5 Å². The largest absolute Gasteiger partial charge is 0.380 e. The molecule has 0 aliphatic carbocycles. The fraction of sp³-hybridized carbons (Fsp3) is 0.207. The van der Waals surface area contributed by atoms with Gasteiger partial charge >= 0.3 is 0 Å². The molecular formula is C29H28N4O2. The van der Waals surface area contributed by atoms with Crippen LogP contribution in [-0.2, 0) is 29.0 Å². The quantitative estimate of drug-likeness (QED) is 0.307. The summed E-state index contributed by atoms with van der Waals surface area (Å²) in [4.78, 5) is 21.5. The van der Waals surface area contributed by atoms with Crippen molar-refractivity contribution in [2.45, 2.75) is 26.4 Å². The van der Waals surface area contributed by atoms with Crippen molar-refractivity contribution in [2.24, 2.45) is 0 Å². The van der Waals surface area contributed by atoms with Crippen LogP contribution in [0.3, 0.4) is 0 Å². The van der Waals surface area contributed by atoms with Gasteiger partial charge in [0.05, 0.1) is 30.8 Å². The maximum atomic E-state index is 12.8. The second-order valence-electron chi connectivity index (χ2n) is 8.46. The number of hydrogen-bond acceptors (Lipinski definition) is 4. The van der Waals surface area contributed by atoms with Crippen molar-refractivity contribution in [3.8, 4) is 11.1 Å². The smallest absolute Gasteiger partial charge is 0.224 e. The summed E-state index contributed by atoms with van der Waals surface area (Å²) in [5, 5.41) is 5.18. The number of pyridine rings is 2. The van der Waals surface area contributed by atoms with Crippen LogP contribution in [0.2, 0.25) is 0 Å². The van der Waals surface area contributed by atoms with E-state index in [2.05, 4.69) is 62.4 Å². The topological polar surface area (TPSA) is 69.0 Å². The summed E-state index contributed by atoms with van der Waals surface area (Å²) in [6.45, 7) is 4.46. The van der Waals surface area contributed by atoms with Crippen molar-refractivity contribution >= 4 is 27.7 Å². The van der Waals surface area contributed by atoms with Gasteiger partial charge in [-0.2, -0.15) is 0 Å². The molecule has 5 rings (SSSR count). The van der Waals surface area contributed by atoms with Crippen molar-refractivity contribution in [3.05, 3.63) is 96.6 Å². The lowest BCUT2D eigenvalue weighted by Gasteiger charge is -2.08. The highest BCUT2D eigenvalue weighted by molar-refractivity contribution is 5.93. The van der Waals surface area contributed by atoms with Crippen molar-refractivity contribution < 1.29 is 9.53 Å². The first-order chi connectivity index (χ1) is 17.2. The van der Waals surface area contributed by atoms with Gasteiger partial charge in [-0.1, -0.05) is 24.3 Å². The first-order valence-corrected chi connectivity index (χ1v) is 11.9. The molecule has 0 saturated heterocycles. The molecule has 5 aromatic rings. The number of nitrogens with one attached hydrogen (secondary N) is 1. The van der Waals surface area contributed by atoms with Gasteiger partial charge in [0.15, 0.2) is 0 Å². The maximum Gasteiger partial charge on any atom is 0.224 e. The van der Waals surface area contributed by atoms with Gasteiger partial charge in [0.25, 0.3) is 0 Å². The third-order valence-electron chi connectivity index (χ3n) is 6.12. The Bertz CT molecular complexity index is 1460. The first-order valence-electron chi connectivity index (χ1n) is 11.9. The molecule has 0 saturated carbocycles. The van der Waals surface area contributed by atoms with Gasteiger partial charge in [-0.15, -0.1) is 0 Å². The van der Waals surface area contributed by atoms with E-state index in [0.29, 0.717) is 26.2 Å². The Morgan fingerprint density at radius 2 is 1.83 bits per heavy atom. The fourth-order valence-electron chi connectivity index (χ4n) is 4.37. The van der Waals surface area contributed by atoms with Crippen LogP contribution in [0.25, 0.3) is 32.9 Å². The number of aromatic nitrogens is 3. The molecule has 0 radical (unpaired) electrons. The van der Waals surface area contributed by atoms with E-state index in [4.69, 9.17) is 4.74 Å². The van der Waals surface area contributed by atoms with E-state index in [1.165, 1.54) is 0 Å². The minimum Gasteiger partial charge on any atom is -0.380 e. The zero-order chi connectivity index (χ0) is 24.0. The second-order valence-corrected chi connectivity index (χ2v) is 8.46. The van der Waals surface area contributed by atoms with E-state index in [0.717, 1.165) is 50.7 Å². The maximum absolute atomic E-state index is 12.8. The predicted molar refractivity (Wildman–Crippen MR) is 139 cm³/mol. The van der Waals surface area contributed by atoms with Crippen molar-refractivity contribution in [1.29, 1.82) is 0 Å². The lowest BCUT2D eigenvalue weighted by atomic mass is 10.00. The molecule has 1 amide bonds. The Hall–Kier alpha value is -4.03. The van der Waals surface area contributed by atoms with Crippen LogP contribution >= 0.6 is 0 Å². The van der Waals surface area contributed by atoms with E-state index in [-0.39, 0.29) is 5.91 Å². The summed E-state index contributed by atoms with van der Waals surface area (Å²) in [5.41, 5.74) is 6.15. The first kappa shape index (κ1) is 22.7. The van der Waals surface area contributed by atoms with Gasteiger partial charge in [-0.3, -0.25) is 14.8 Å². The van der Waals surface area contributed by atoms with E-state index < -0.39 is 0 Å². The van der Waals surface area contributed by atoms with Gasteiger partial charge in [-0.25, -0.2) is 0 Å². The number of amides is 1. The monoisotopic (exact) mass is 464 g/mol. The van der Waals surface area contributed by atoms with Crippen molar-refractivity contribution in [3.63, 3.8) is 0 Å². The number of fused-ring (bicyclic) bond motifs is 2. The van der Waals surface area contributed by atoms with Crippen LogP contribution in [0.4, 0.5) is 0 Å². The number of benzene rings is 2. The highest BCUT2D eigenvalue weighted by atomic mass is 16.5. The fourth-order valence-corrected chi connectivity index (χ4v) is 4.37. The molecule has 6 heteroatoms. The zero-order valence-corrected chi connectivity index (χ0v) is 19.8. The molecule has 0 unspecified atom stereocenters.